The summed E-state index contributed by atoms with van der Waals surface area (Å²) in [6.45, 7) is 5.09. The number of carbonyl (C=O) groups is 1. The van der Waals surface area contributed by atoms with Crippen LogP contribution < -0.4 is 5.32 Å². The van der Waals surface area contributed by atoms with Crippen LogP contribution in [0.2, 0.25) is 0 Å². The van der Waals surface area contributed by atoms with Crippen LogP contribution in [0.15, 0.2) is 18.2 Å². The van der Waals surface area contributed by atoms with E-state index in [1.807, 2.05) is 11.0 Å². The maximum atomic E-state index is 13.1. The van der Waals surface area contributed by atoms with Gasteiger partial charge in [0.05, 0.1) is 0 Å². The van der Waals surface area contributed by atoms with E-state index in [1.165, 1.54) is 6.07 Å². The molecular weight excluding hydrogens is 231 g/mol. The second kappa shape index (κ2) is 5.96. The average Bonchev–Trinajstić information content (AvgIpc) is 2.41. The van der Waals surface area contributed by atoms with Crippen LogP contribution in [0.4, 0.5) is 4.39 Å². The van der Waals surface area contributed by atoms with Crippen LogP contribution in [-0.2, 0) is 11.2 Å². The highest BCUT2D eigenvalue weighted by Gasteiger charge is 2.15. The number of carbonyl (C=O) groups excluding carboxylic acids is 1. The van der Waals surface area contributed by atoms with Gasteiger partial charge in [0, 0.05) is 32.6 Å². The van der Waals surface area contributed by atoms with Gasteiger partial charge in [-0.2, -0.15) is 0 Å². The first kappa shape index (κ1) is 13.0. The molecule has 98 valence electrons. The Balaban J connectivity index is 1.86. The highest BCUT2D eigenvalue weighted by molar-refractivity contribution is 5.76. The molecule has 1 aromatic rings. The van der Waals surface area contributed by atoms with Gasteiger partial charge in [-0.05, 0) is 30.5 Å². The highest BCUT2D eigenvalue weighted by Crippen LogP contribution is 2.11. The first-order chi connectivity index (χ1) is 8.66. The number of halogens is 1. The van der Waals surface area contributed by atoms with Crippen molar-refractivity contribution in [3.8, 4) is 0 Å². The van der Waals surface area contributed by atoms with Crippen molar-refractivity contribution in [3.05, 3.63) is 35.1 Å². The molecule has 1 fully saturated rings. The van der Waals surface area contributed by atoms with Gasteiger partial charge in [0.15, 0.2) is 0 Å². The van der Waals surface area contributed by atoms with Crippen LogP contribution in [0.5, 0.6) is 0 Å². The molecule has 18 heavy (non-hydrogen) atoms. The number of nitrogens with one attached hydrogen (secondary N) is 1. The lowest BCUT2D eigenvalue weighted by molar-refractivity contribution is -0.131. The van der Waals surface area contributed by atoms with Crippen LogP contribution in [0, 0.1) is 12.7 Å². The number of rotatable bonds is 3. The van der Waals surface area contributed by atoms with Crippen molar-refractivity contribution in [1.82, 2.24) is 10.2 Å². The standard InChI is InChI=1S/C14H19FN2O/c1-11-10-12(2-4-13(11)15)3-5-14(18)17-8-6-16-7-9-17/h2,4,10,16H,3,5-9H2,1H3. The maximum absolute atomic E-state index is 13.1. The summed E-state index contributed by atoms with van der Waals surface area (Å²) in [6, 6.07) is 5.05. The van der Waals surface area contributed by atoms with Gasteiger partial charge in [-0.3, -0.25) is 4.79 Å². The summed E-state index contributed by atoms with van der Waals surface area (Å²) < 4.78 is 13.1. The van der Waals surface area contributed by atoms with E-state index in [0.717, 1.165) is 31.7 Å². The molecule has 1 N–H and O–H groups in total. The smallest absolute Gasteiger partial charge is 0.222 e. The summed E-state index contributed by atoms with van der Waals surface area (Å²) in [6.07, 6.45) is 1.19. The first-order valence-corrected chi connectivity index (χ1v) is 6.40. The minimum atomic E-state index is -0.188. The Labute approximate surface area is 107 Å². The molecule has 0 atom stereocenters. The van der Waals surface area contributed by atoms with Gasteiger partial charge >= 0.3 is 0 Å². The number of benzene rings is 1. The van der Waals surface area contributed by atoms with E-state index in [2.05, 4.69) is 5.32 Å². The average molecular weight is 250 g/mol. The molecule has 1 heterocycles. The summed E-state index contributed by atoms with van der Waals surface area (Å²) in [7, 11) is 0. The molecule has 0 bridgehead atoms. The van der Waals surface area contributed by atoms with Crippen molar-refractivity contribution in [2.75, 3.05) is 26.2 Å². The number of piperazine rings is 1. The third kappa shape index (κ3) is 3.29. The lowest BCUT2D eigenvalue weighted by Crippen LogP contribution is -2.46. The van der Waals surface area contributed by atoms with Crippen molar-refractivity contribution in [3.63, 3.8) is 0 Å². The van der Waals surface area contributed by atoms with Crippen molar-refractivity contribution in [1.29, 1.82) is 0 Å². The van der Waals surface area contributed by atoms with Crippen LogP contribution >= 0.6 is 0 Å². The van der Waals surface area contributed by atoms with Crippen LogP contribution in [0.25, 0.3) is 0 Å². The van der Waals surface area contributed by atoms with Crippen molar-refractivity contribution in [2.45, 2.75) is 19.8 Å². The van der Waals surface area contributed by atoms with Gasteiger partial charge in [-0.25, -0.2) is 4.39 Å². The molecule has 1 aromatic carbocycles. The predicted octanol–water partition coefficient (Wildman–Crippen LogP) is 1.50. The Bertz CT molecular complexity index is 428. The maximum Gasteiger partial charge on any atom is 0.222 e. The number of hydrogen-bond donors (Lipinski definition) is 1. The minimum absolute atomic E-state index is 0.188. The zero-order valence-electron chi connectivity index (χ0n) is 10.7. The fraction of sp³-hybridized carbons (Fsp3) is 0.500. The number of nitrogens with zero attached hydrogens (tertiary/aromatic N) is 1. The van der Waals surface area contributed by atoms with Gasteiger partial charge in [-0.1, -0.05) is 12.1 Å². The van der Waals surface area contributed by atoms with Crippen LogP contribution in [0.1, 0.15) is 17.5 Å². The van der Waals surface area contributed by atoms with E-state index < -0.39 is 0 Å². The SMILES string of the molecule is Cc1cc(CCC(=O)N2CCNCC2)ccc1F. The Morgan fingerprint density at radius 1 is 1.39 bits per heavy atom. The summed E-state index contributed by atoms with van der Waals surface area (Å²) in [4.78, 5) is 13.8. The topological polar surface area (TPSA) is 32.3 Å². The fourth-order valence-electron chi connectivity index (χ4n) is 2.19. The Kier molecular flexibility index (Phi) is 4.31. The Hall–Kier alpha value is -1.42. The van der Waals surface area contributed by atoms with E-state index in [4.69, 9.17) is 0 Å². The normalized spacial score (nSPS) is 15.8. The minimum Gasteiger partial charge on any atom is -0.340 e. The van der Waals surface area contributed by atoms with Crippen molar-refractivity contribution < 1.29 is 9.18 Å². The molecule has 0 spiro atoms. The second-order valence-electron chi connectivity index (χ2n) is 4.71. The van der Waals surface area contributed by atoms with Crippen molar-refractivity contribution >= 4 is 5.91 Å². The van der Waals surface area contributed by atoms with E-state index in [0.29, 0.717) is 18.4 Å². The highest BCUT2D eigenvalue weighted by atomic mass is 19.1. The monoisotopic (exact) mass is 250 g/mol. The van der Waals surface area contributed by atoms with Crippen LogP contribution in [-0.4, -0.2) is 37.0 Å². The largest absolute Gasteiger partial charge is 0.340 e. The molecule has 0 unspecified atom stereocenters. The third-order valence-corrected chi connectivity index (χ3v) is 3.32. The van der Waals surface area contributed by atoms with Gasteiger partial charge < -0.3 is 10.2 Å². The van der Waals surface area contributed by atoms with E-state index in [9.17, 15) is 9.18 Å². The molecule has 2 rings (SSSR count). The molecule has 1 amide bonds. The molecule has 3 nitrogen and oxygen atoms in total. The van der Waals surface area contributed by atoms with Gasteiger partial charge in [0.25, 0.3) is 0 Å². The number of amides is 1. The Morgan fingerprint density at radius 2 is 2.11 bits per heavy atom. The molecule has 0 radical (unpaired) electrons. The lowest BCUT2D eigenvalue weighted by atomic mass is 10.1. The number of aryl methyl sites for hydroxylation is 2. The molecule has 1 saturated heterocycles. The van der Waals surface area contributed by atoms with Gasteiger partial charge in [0.1, 0.15) is 5.82 Å². The molecule has 1 aliphatic rings. The zero-order chi connectivity index (χ0) is 13.0. The van der Waals surface area contributed by atoms with E-state index in [-0.39, 0.29) is 11.7 Å². The molecular formula is C14H19FN2O. The summed E-state index contributed by atoms with van der Waals surface area (Å²) in [5.41, 5.74) is 1.67. The molecule has 4 heteroatoms. The lowest BCUT2D eigenvalue weighted by Gasteiger charge is -2.27. The van der Waals surface area contributed by atoms with Crippen LogP contribution in [0.3, 0.4) is 0 Å². The van der Waals surface area contributed by atoms with Crippen molar-refractivity contribution in [2.24, 2.45) is 0 Å². The predicted molar refractivity (Wildman–Crippen MR) is 68.9 cm³/mol. The molecule has 0 saturated carbocycles. The summed E-state index contributed by atoms with van der Waals surface area (Å²) in [5.74, 6) is 0.00524. The summed E-state index contributed by atoms with van der Waals surface area (Å²) >= 11 is 0. The molecule has 1 aliphatic heterocycles. The van der Waals surface area contributed by atoms with E-state index >= 15 is 0 Å². The molecule has 0 aliphatic carbocycles. The fourth-order valence-corrected chi connectivity index (χ4v) is 2.19. The number of hydrogen-bond acceptors (Lipinski definition) is 2. The quantitative estimate of drug-likeness (QED) is 0.881. The molecule has 0 aromatic heterocycles. The Morgan fingerprint density at radius 3 is 2.78 bits per heavy atom. The first-order valence-electron chi connectivity index (χ1n) is 6.40. The van der Waals surface area contributed by atoms with Gasteiger partial charge in [0.2, 0.25) is 5.91 Å². The van der Waals surface area contributed by atoms with Gasteiger partial charge in [-0.15, -0.1) is 0 Å². The second-order valence-corrected chi connectivity index (χ2v) is 4.71. The zero-order valence-corrected chi connectivity index (χ0v) is 10.7. The van der Waals surface area contributed by atoms with E-state index in [1.54, 1.807) is 13.0 Å². The third-order valence-electron chi connectivity index (χ3n) is 3.32. The summed E-state index contributed by atoms with van der Waals surface area (Å²) in [5, 5.41) is 3.22.